The summed E-state index contributed by atoms with van der Waals surface area (Å²) in [4.78, 5) is 4.26. The van der Waals surface area contributed by atoms with E-state index in [-0.39, 0.29) is 17.0 Å². The van der Waals surface area contributed by atoms with Gasteiger partial charge in [-0.3, -0.25) is 0 Å². The van der Waals surface area contributed by atoms with Gasteiger partial charge in [0.1, 0.15) is 11.6 Å². The number of ether oxygens (including phenoxy) is 1. The van der Waals surface area contributed by atoms with Crippen LogP contribution in [0, 0.1) is 5.82 Å². The number of nitrogens with zero attached hydrogens (tertiary/aromatic N) is 1. The number of hydrogen-bond acceptors (Lipinski definition) is 4. The standard InChI is InChI=1S/C17H19BFNO3/c1-16(2)17(3,4)23-18(22-16)12-5-10-15(20-11-12)21-14-8-6-13(19)7-9-14/h5-11H,1-4H3. The van der Waals surface area contributed by atoms with E-state index in [2.05, 4.69) is 4.98 Å². The summed E-state index contributed by atoms with van der Waals surface area (Å²) in [7, 11) is -0.452. The first-order valence-electron chi connectivity index (χ1n) is 7.52. The molecular formula is C17H19BFNO3. The molecule has 120 valence electrons. The van der Waals surface area contributed by atoms with E-state index in [1.807, 2.05) is 33.8 Å². The molecule has 4 nitrogen and oxygen atoms in total. The summed E-state index contributed by atoms with van der Waals surface area (Å²) in [5, 5.41) is 0. The van der Waals surface area contributed by atoms with Gasteiger partial charge in [0.15, 0.2) is 0 Å². The lowest BCUT2D eigenvalue weighted by atomic mass is 9.80. The third-order valence-corrected chi connectivity index (χ3v) is 4.32. The summed E-state index contributed by atoms with van der Waals surface area (Å²) in [6, 6.07) is 9.39. The number of rotatable bonds is 3. The van der Waals surface area contributed by atoms with Gasteiger partial charge in [-0.15, -0.1) is 0 Å². The molecule has 0 saturated carbocycles. The van der Waals surface area contributed by atoms with Gasteiger partial charge >= 0.3 is 7.12 Å². The average molecular weight is 315 g/mol. The lowest BCUT2D eigenvalue weighted by Gasteiger charge is -2.32. The van der Waals surface area contributed by atoms with Crippen LogP contribution in [0.4, 0.5) is 4.39 Å². The lowest BCUT2D eigenvalue weighted by molar-refractivity contribution is 0.00578. The second-order valence-corrected chi connectivity index (χ2v) is 6.57. The van der Waals surface area contributed by atoms with E-state index in [0.29, 0.717) is 11.6 Å². The van der Waals surface area contributed by atoms with Gasteiger partial charge in [0.25, 0.3) is 0 Å². The van der Waals surface area contributed by atoms with E-state index < -0.39 is 7.12 Å². The van der Waals surface area contributed by atoms with Crippen LogP contribution in [0.25, 0.3) is 0 Å². The molecule has 1 saturated heterocycles. The second-order valence-electron chi connectivity index (χ2n) is 6.57. The smallest absolute Gasteiger partial charge is 0.439 e. The molecule has 0 unspecified atom stereocenters. The molecule has 2 heterocycles. The normalized spacial score (nSPS) is 18.9. The van der Waals surface area contributed by atoms with Crippen molar-refractivity contribution < 1.29 is 18.4 Å². The van der Waals surface area contributed by atoms with Gasteiger partial charge in [-0.2, -0.15) is 0 Å². The average Bonchev–Trinajstić information content (AvgIpc) is 2.71. The van der Waals surface area contributed by atoms with E-state index >= 15 is 0 Å². The molecule has 1 aromatic carbocycles. The molecule has 0 amide bonds. The first kappa shape index (κ1) is 16.0. The number of halogens is 1. The number of pyridine rings is 1. The highest BCUT2D eigenvalue weighted by molar-refractivity contribution is 6.62. The Morgan fingerprint density at radius 1 is 0.957 bits per heavy atom. The molecule has 0 spiro atoms. The molecule has 0 N–H and O–H groups in total. The Kier molecular flexibility index (Phi) is 3.90. The summed E-state index contributed by atoms with van der Waals surface area (Å²) in [6.07, 6.45) is 1.67. The first-order chi connectivity index (χ1) is 10.8. The van der Waals surface area contributed by atoms with Crippen molar-refractivity contribution in [2.75, 3.05) is 0 Å². The second kappa shape index (κ2) is 5.62. The van der Waals surface area contributed by atoms with Gasteiger partial charge in [0, 0.05) is 17.7 Å². The fraction of sp³-hybridized carbons (Fsp3) is 0.353. The zero-order valence-electron chi connectivity index (χ0n) is 13.7. The Morgan fingerprint density at radius 2 is 1.57 bits per heavy atom. The third kappa shape index (κ3) is 3.23. The van der Waals surface area contributed by atoms with Crippen molar-refractivity contribution in [2.24, 2.45) is 0 Å². The minimum atomic E-state index is -0.452. The largest absolute Gasteiger partial charge is 0.496 e. The van der Waals surface area contributed by atoms with Crippen molar-refractivity contribution in [2.45, 2.75) is 38.9 Å². The predicted octanol–water partition coefficient (Wildman–Crippen LogP) is 3.31. The maximum atomic E-state index is 12.9. The van der Waals surface area contributed by atoms with Crippen LogP contribution in [-0.2, 0) is 9.31 Å². The lowest BCUT2D eigenvalue weighted by Crippen LogP contribution is -2.41. The highest BCUT2D eigenvalue weighted by Crippen LogP contribution is 2.36. The minimum Gasteiger partial charge on any atom is -0.439 e. The summed E-state index contributed by atoms with van der Waals surface area (Å²) >= 11 is 0. The summed E-state index contributed by atoms with van der Waals surface area (Å²) < 4.78 is 30.4. The molecule has 0 radical (unpaired) electrons. The van der Waals surface area contributed by atoms with Crippen LogP contribution in [0.5, 0.6) is 11.6 Å². The Hall–Kier alpha value is -1.92. The number of benzene rings is 1. The monoisotopic (exact) mass is 315 g/mol. The molecule has 1 aromatic heterocycles. The third-order valence-electron chi connectivity index (χ3n) is 4.32. The zero-order valence-corrected chi connectivity index (χ0v) is 13.7. The van der Waals surface area contributed by atoms with Gasteiger partial charge in [-0.25, -0.2) is 9.37 Å². The fourth-order valence-corrected chi connectivity index (χ4v) is 2.19. The number of aromatic nitrogens is 1. The Balaban J connectivity index is 1.72. The van der Waals surface area contributed by atoms with E-state index in [4.69, 9.17) is 14.0 Å². The Morgan fingerprint density at radius 3 is 2.09 bits per heavy atom. The summed E-state index contributed by atoms with van der Waals surface area (Å²) in [5.74, 6) is 0.653. The van der Waals surface area contributed by atoms with Gasteiger partial charge < -0.3 is 14.0 Å². The summed E-state index contributed by atoms with van der Waals surface area (Å²) in [5.41, 5.74) is 0.0529. The number of hydrogen-bond donors (Lipinski definition) is 0. The van der Waals surface area contributed by atoms with Gasteiger partial charge in [0.05, 0.1) is 11.2 Å². The van der Waals surface area contributed by atoms with Crippen molar-refractivity contribution >= 4 is 12.6 Å². The van der Waals surface area contributed by atoms with E-state index in [9.17, 15) is 4.39 Å². The molecule has 23 heavy (non-hydrogen) atoms. The SMILES string of the molecule is CC1(C)OB(c2ccc(Oc3ccc(F)cc3)nc2)OC1(C)C. The van der Waals surface area contributed by atoms with Crippen LogP contribution in [-0.4, -0.2) is 23.3 Å². The van der Waals surface area contributed by atoms with Crippen LogP contribution in [0.1, 0.15) is 27.7 Å². The molecule has 0 bridgehead atoms. The maximum absolute atomic E-state index is 12.9. The Labute approximate surface area is 135 Å². The molecule has 1 aliphatic heterocycles. The van der Waals surface area contributed by atoms with Crippen LogP contribution >= 0.6 is 0 Å². The molecule has 0 aliphatic carbocycles. The predicted molar refractivity (Wildman–Crippen MR) is 86.4 cm³/mol. The molecular weight excluding hydrogens is 296 g/mol. The highest BCUT2D eigenvalue weighted by Gasteiger charge is 2.51. The van der Waals surface area contributed by atoms with E-state index in [1.165, 1.54) is 12.1 Å². The van der Waals surface area contributed by atoms with Crippen molar-refractivity contribution in [3.05, 3.63) is 48.4 Å². The molecule has 1 aliphatic rings. The Bertz CT molecular complexity index is 670. The molecule has 1 fully saturated rings. The fourth-order valence-electron chi connectivity index (χ4n) is 2.19. The van der Waals surface area contributed by atoms with E-state index in [1.54, 1.807) is 24.4 Å². The van der Waals surface area contributed by atoms with Crippen LogP contribution < -0.4 is 10.2 Å². The van der Waals surface area contributed by atoms with Gasteiger partial charge in [-0.1, -0.05) is 6.07 Å². The van der Waals surface area contributed by atoms with Crippen molar-refractivity contribution in [3.63, 3.8) is 0 Å². The summed E-state index contributed by atoms with van der Waals surface area (Å²) in [6.45, 7) is 8.03. The topological polar surface area (TPSA) is 40.6 Å². The minimum absolute atomic E-state index is 0.304. The quantitative estimate of drug-likeness (QED) is 0.815. The van der Waals surface area contributed by atoms with Gasteiger partial charge in [-0.05, 0) is 52.0 Å². The maximum Gasteiger partial charge on any atom is 0.496 e. The molecule has 6 heteroatoms. The van der Waals surface area contributed by atoms with Crippen molar-refractivity contribution in [1.82, 2.24) is 4.98 Å². The molecule has 0 atom stereocenters. The molecule has 3 rings (SSSR count). The van der Waals surface area contributed by atoms with Crippen LogP contribution in [0.15, 0.2) is 42.6 Å². The van der Waals surface area contributed by atoms with E-state index in [0.717, 1.165) is 5.46 Å². The first-order valence-corrected chi connectivity index (χ1v) is 7.52. The van der Waals surface area contributed by atoms with Crippen molar-refractivity contribution in [3.8, 4) is 11.6 Å². The highest BCUT2D eigenvalue weighted by atomic mass is 19.1. The molecule has 2 aromatic rings. The van der Waals surface area contributed by atoms with Crippen LogP contribution in [0.3, 0.4) is 0 Å². The van der Waals surface area contributed by atoms with Crippen molar-refractivity contribution in [1.29, 1.82) is 0 Å². The zero-order chi connectivity index (χ0) is 16.7. The van der Waals surface area contributed by atoms with Gasteiger partial charge in [0.2, 0.25) is 5.88 Å². The van der Waals surface area contributed by atoms with Crippen LogP contribution in [0.2, 0.25) is 0 Å².